The van der Waals surface area contributed by atoms with Gasteiger partial charge in [-0.25, -0.2) is 9.78 Å². The van der Waals surface area contributed by atoms with Gasteiger partial charge in [0.1, 0.15) is 12.4 Å². The van der Waals surface area contributed by atoms with Gasteiger partial charge in [-0.2, -0.15) is 18.4 Å². The molecular formula is C14H11F3N4O2. The fraction of sp³-hybridized carbons (Fsp3) is 0.214. The largest absolute Gasteiger partial charge is 0.465 e. The molecule has 0 aliphatic rings. The first-order chi connectivity index (χ1) is 10.8. The SMILES string of the molecule is CNc1cc(C(F)(F)F)c(-n2cnc(C#N)c2)cc1C(=O)OC. The smallest absolute Gasteiger partial charge is 0.418 e. The van der Waals surface area contributed by atoms with Gasteiger partial charge in [-0.15, -0.1) is 0 Å². The van der Waals surface area contributed by atoms with E-state index in [0.29, 0.717) is 0 Å². The maximum atomic E-state index is 13.3. The minimum absolute atomic E-state index is 0.0199. The molecule has 0 saturated carbocycles. The number of rotatable bonds is 3. The molecule has 0 bridgehead atoms. The Kier molecular flexibility index (Phi) is 4.27. The average molecular weight is 324 g/mol. The second-order valence-corrected chi connectivity index (χ2v) is 4.43. The van der Waals surface area contributed by atoms with Crippen LogP contribution in [0, 0.1) is 11.3 Å². The maximum Gasteiger partial charge on any atom is 0.418 e. The van der Waals surface area contributed by atoms with E-state index >= 15 is 0 Å². The number of aromatic nitrogens is 2. The van der Waals surface area contributed by atoms with Crippen molar-refractivity contribution in [2.24, 2.45) is 0 Å². The van der Waals surface area contributed by atoms with Crippen LogP contribution in [0.25, 0.3) is 5.69 Å². The van der Waals surface area contributed by atoms with E-state index in [1.807, 2.05) is 0 Å². The van der Waals surface area contributed by atoms with Gasteiger partial charge in [0, 0.05) is 18.9 Å². The van der Waals surface area contributed by atoms with E-state index in [9.17, 15) is 18.0 Å². The molecule has 0 aliphatic carbocycles. The van der Waals surface area contributed by atoms with Crippen molar-refractivity contribution in [2.75, 3.05) is 19.5 Å². The number of nitriles is 1. The van der Waals surface area contributed by atoms with Crippen molar-refractivity contribution in [1.29, 1.82) is 5.26 Å². The third kappa shape index (κ3) is 3.11. The summed E-state index contributed by atoms with van der Waals surface area (Å²) in [5, 5.41) is 11.3. The number of carbonyl (C=O) groups is 1. The predicted molar refractivity (Wildman–Crippen MR) is 74.2 cm³/mol. The third-order valence-electron chi connectivity index (χ3n) is 3.09. The first-order valence-corrected chi connectivity index (χ1v) is 6.27. The topological polar surface area (TPSA) is 79.9 Å². The molecule has 0 atom stereocenters. The Morgan fingerprint density at radius 1 is 1.43 bits per heavy atom. The summed E-state index contributed by atoms with van der Waals surface area (Å²) in [6.45, 7) is 0. The molecule has 1 N–H and O–H groups in total. The number of imidazole rings is 1. The van der Waals surface area contributed by atoms with Gasteiger partial charge in [-0.1, -0.05) is 0 Å². The lowest BCUT2D eigenvalue weighted by Crippen LogP contribution is -2.14. The summed E-state index contributed by atoms with van der Waals surface area (Å²) in [5.41, 5.74) is -1.43. The summed E-state index contributed by atoms with van der Waals surface area (Å²) in [6, 6.07) is 3.59. The average Bonchev–Trinajstić information content (AvgIpc) is 3.00. The highest BCUT2D eigenvalue weighted by atomic mass is 19.4. The van der Waals surface area contributed by atoms with Gasteiger partial charge in [0.15, 0.2) is 5.69 Å². The van der Waals surface area contributed by atoms with Crippen LogP contribution in [0.5, 0.6) is 0 Å². The van der Waals surface area contributed by atoms with Crippen molar-refractivity contribution in [2.45, 2.75) is 6.18 Å². The van der Waals surface area contributed by atoms with Crippen LogP contribution in [0.1, 0.15) is 21.6 Å². The summed E-state index contributed by atoms with van der Waals surface area (Å²) in [6.07, 6.45) is -2.44. The fourth-order valence-corrected chi connectivity index (χ4v) is 2.03. The van der Waals surface area contributed by atoms with Crippen molar-refractivity contribution in [3.8, 4) is 11.8 Å². The number of carbonyl (C=O) groups excluding carboxylic acids is 1. The summed E-state index contributed by atoms with van der Waals surface area (Å²) in [7, 11) is 2.52. The molecule has 0 fully saturated rings. The second-order valence-electron chi connectivity index (χ2n) is 4.43. The third-order valence-corrected chi connectivity index (χ3v) is 3.09. The monoisotopic (exact) mass is 324 g/mol. The molecule has 0 saturated heterocycles. The zero-order valence-electron chi connectivity index (χ0n) is 12.1. The zero-order valence-corrected chi connectivity index (χ0v) is 12.1. The van der Waals surface area contributed by atoms with E-state index in [1.54, 1.807) is 6.07 Å². The first kappa shape index (κ1) is 16.4. The minimum Gasteiger partial charge on any atom is -0.465 e. The van der Waals surface area contributed by atoms with E-state index in [2.05, 4.69) is 15.0 Å². The highest BCUT2D eigenvalue weighted by molar-refractivity contribution is 5.96. The number of hydrogen-bond donors (Lipinski definition) is 1. The molecule has 0 radical (unpaired) electrons. The van der Waals surface area contributed by atoms with E-state index < -0.39 is 17.7 Å². The quantitative estimate of drug-likeness (QED) is 0.878. The minimum atomic E-state index is -4.66. The van der Waals surface area contributed by atoms with Crippen molar-refractivity contribution in [1.82, 2.24) is 9.55 Å². The van der Waals surface area contributed by atoms with Crippen molar-refractivity contribution in [3.05, 3.63) is 41.5 Å². The van der Waals surface area contributed by atoms with E-state index in [-0.39, 0.29) is 22.6 Å². The van der Waals surface area contributed by atoms with Gasteiger partial charge in [-0.05, 0) is 12.1 Å². The molecule has 23 heavy (non-hydrogen) atoms. The molecule has 1 aromatic carbocycles. The zero-order chi connectivity index (χ0) is 17.2. The van der Waals surface area contributed by atoms with Crippen LogP contribution in [0.15, 0.2) is 24.7 Å². The van der Waals surface area contributed by atoms with Crippen LogP contribution in [-0.2, 0) is 10.9 Å². The van der Waals surface area contributed by atoms with Gasteiger partial charge < -0.3 is 14.6 Å². The molecular weight excluding hydrogens is 313 g/mol. The summed E-state index contributed by atoms with van der Waals surface area (Å²) in [5.74, 6) is -0.787. The molecule has 1 heterocycles. The van der Waals surface area contributed by atoms with Crippen molar-refractivity contribution >= 4 is 11.7 Å². The van der Waals surface area contributed by atoms with Gasteiger partial charge in [-0.3, -0.25) is 0 Å². The van der Waals surface area contributed by atoms with Gasteiger partial charge in [0.05, 0.1) is 23.9 Å². The summed E-state index contributed by atoms with van der Waals surface area (Å²) in [4.78, 5) is 15.5. The van der Waals surface area contributed by atoms with Crippen LogP contribution in [0.2, 0.25) is 0 Å². The van der Waals surface area contributed by atoms with Crippen LogP contribution >= 0.6 is 0 Å². The molecule has 0 spiro atoms. The standard InChI is InChI=1S/C14H11F3N4O2/c1-19-11-4-10(14(15,16)17)12(3-9(11)13(22)23-2)21-6-8(5-18)20-7-21/h3-4,6-7,19H,1-2H3. The van der Waals surface area contributed by atoms with Crippen molar-refractivity contribution in [3.63, 3.8) is 0 Å². The van der Waals surface area contributed by atoms with Gasteiger partial charge in [0.2, 0.25) is 0 Å². The Labute approximate surface area is 129 Å². The molecule has 9 heteroatoms. The molecule has 2 aromatic rings. The number of nitrogens with one attached hydrogen (secondary N) is 1. The number of anilines is 1. The Bertz CT molecular complexity index is 790. The number of ether oxygens (including phenoxy) is 1. The highest BCUT2D eigenvalue weighted by Crippen LogP contribution is 2.37. The summed E-state index contributed by atoms with van der Waals surface area (Å²) < 4.78 is 45.6. The fourth-order valence-electron chi connectivity index (χ4n) is 2.03. The maximum absolute atomic E-state index is 13.3. The van der Waals surface area contributed by atoms with Gasteiger partial charge in [0.25, 0.3) is 0 Å². The molecule has 120 valence electrons. The number of hydrogen-bond acceptors (Lipinski definition) is 5. The predicted octanol–water partition coefficient (Wildman–Crippen LogP) is 2.59. The Hall–Kier alpha value is -3.02. The Morgan fingerprint density at radius 3 is 2.61 bits per heavy atom. The van der Waals surface area contributed by atoms with Crippen LogP contribution in [0.4, 0.5) is 18.9 Å². The van der Waals surface area contributed by atoms with Crippen molar-refractivity contribution < 1.29 is 22.7 Å². The molecule has 1 aromatic heterocycles. The number of alkyl halides is 3. The second kappa shape index (κ2) is 6.00. The Balaban J connectivity index is 2.76. The number of benzene rings is 1. The number of nitrogens with zero attached hydrogens (tertiary/aromatic N) is 3. The molecule has 2 rings (SSSR count). The lowest BCUT2D eigenvalue weighted by molar-refractivity contribution is -0.137. The number of methoxy groups -OCH3 is 1. The molecule has 0 unspecified atom stereocenters. The molecule has 0 amide bonds. The normalized spacial score (nSPS) is 11.0. The van der Waals surface area contributed by atoms with E-state index in [0.717, 1.165) is 36.3 Å². The van der Waals surface area contributed by atoms with E-state index in [1.165, 1.54) is 7.05 Å². The van der Waals surface area contributed by atoms with Gasteiger partial charge >= 0.3 is 12.1 Å². The highest BCUT2D eigenvalue weighted by Gasteiger charge is 2.35. The lowest BCUT2D eigenvalue weighted by atomic mass is 10.1. The van der Waals surface area contributed by atoms with E-state index in [4.69, 9.17) is 5.26 Å². The Morgan fingerprint density at radius 2 is 2.13 bits per heavy atom. The molecule has 0 aliphatic heterocycles. The number of esters is 1. The lowest BCUT2D eigenvalue weighted by Gasteiger charge is -2.17. The summed E-state index contributed by atoms with van der Waals surface area (Å²) >= 11 is 0. The van der Waals surface area contributed by atoms with Crippen LogP contribution in [-0.4, -0.2) is 29.7 Å². The first-order valence-electron chi connectivity index (χ1n) is 6.27. The van der Waals surface area contributed by atoms with Crippen LogP contribution in [0.3, 0.4) is 0 Å². The molecule has 6 nitrogen and oxygen atoms in total. The number of halogens is 3. The van der Waals surface area contributed by atoms with Crippen LogP contribution < -0.4 is 5.32 Å².